The van der Waals surface area contributed by atoms with Crippen LogP contribution in [0.2, 0.25) is 0 Å². The monoisotopic (exact) mass is 514 g/mol. The van der Waals surface area contributed by atoms with Gasteiger partial charge in [-0.15, -0.1) is 0 Å². The topological polar surface area (TPSA) is 155 Å². The molecule has 0 radical (unpaired) electrons. The Balaban J connectivity index is 1.59. The molecule has 1 heterocycles. The van der Waals surface area contributed by atoms with E-state index in [-0.39, 0.29) is 35.8 Å². The van der Waals surface area contributed by atoms with Crippen molar-refractivity contribution in [1.29, 1.82) is 0 Å². The number of rotatable bonds is 10. The molecule has 3 rings (SSSR count). The molecule has 1 aromatic heterocycles. The van der Waals surface area contributed by atoms with Crippen molar-refractivity contribution in [1.82, 2.24) is 20.3 Å². The van der Waals surface area contributed by atoms with Crippen molar-refractivity contribution in [3.63, 3.8) is 0 Å². The molecule has 0 bridgehead atoms. The molecular formula is C24H23FN4O6S. The van der Waals surface area contributed by atoms with E-state index in [0.29, 0.717) is 17.5 Å². The highest BCUT2D eigenvalue weighted by molar-refractivity contribution is 7.90. The van der Waals surface area contributed by atoms with Crippen LogP contribution in [0.25, 0.3) is 0 Å². The molecule has 10 nitrogen and oxygen atoms in total. The van der Waals surface area contributed by atoms with Crippen molar-refractivity contribution in [2.45, 2.75) is 11.3 Å². The summed E-state index contributed by atoms with van der Waals surface area (Å²) in [5.74, 6) is -2.32. The zero-order chi connectivity index (χ0) is 26.1. The van der Waals surface area contributed by atoms with Gasteiger partial charge in [0.05, 0.1) is 17.1 Å². The first-order chi connectivity index (χ1) is 17.2. The van der Waals surface area contributed by atoms with Crippen LogP contribution < -0.4 is 15.4 Å². The van der Waals surface area contributed by atoms with E-state index in [1.165, 1.54) is 54.6 Å². The number of aliphatic hydroxyl groups is 1. The summed E-state index contributed by atoms with van der Waals surface area (Å²) in [6.45, 7) is 0.00652. The van der Waals surface area contributed by atoms with Crippen molar-refractivity contribution in [3.05, 3.63) is 95.1 Å². The summed E-state index contributed by atoms with van der Waals surface area (Å²) in [6.07, 6.45) is 1.38. The van der Waals surface area contributed by atoms with Crippen LogP contribution in [0.5, 0.6) is 0 Å². The van der Waals surface area contributed by atoms with Gasteiger partial charge >= 0.3 is 0 Å². The second-order valence-corrected chi connectivity index (χ2v) is 9.19. The Bertz CT molecular complexity index is 1350. The average Bonchev–Trinajstić information content (AvgIpc) is 2.87. The molecule has 36 heavy (non-hydrogen) atoms. The van der Waals surface area contributed by atoms with Crippen LogP contribution in [0.4, 0.5) is 4.39 Å². The van der Waals surface area contributed by atoms with Crippen molar-refractivity contribution >= 4 is 27.7 Å². The number of amides is 3. The molecule has 188 valence electrons. The minimum atomic E-state index is -4.21. The van der Waals surface area contributed by atoms with Gasteiger partial charge in [0.1, 0.15) is 11.5 Å². The molecule has 2 aromatic carbocycles. The largest absolute Gasteiger partial charge is 0.395 e. The summed E-state index contributed by atoms with van der Waals surface area (Å²) in [7, 11) is -4.21. The van der Waals surface area contributed by atoms with Gasteiger partial charge in [-0.25, -0.2) is 17.5 Å². The molecule has 12 heteroatoms. The van der Waals surface area contributed by atoms with Gasteiger partial charge in [0.2, 0.25) is 0 Å². The van der Waals surface area contributed by atoms with Crippen LogP contribution in [0.15, 0.2) is 71.8 Å². The fourth-order valence-electron chi connectivity index (χ4n) is 3.05. The summed E-state index contributed by atoms with van der Waals surface area (Å²) in [5.41, 5.74) is 0.826. The first-order valence-corrected chi connectivity index (χ1v) is 12.2. The highest BCUT2D eigenvalue weighted by atomic mass is 32.2. The highest BCUT2D eigenvalue weighted by Gasteiger charge is 2.20. The number of nitrogens with zero attached hydrogens (tertiary/aromatic N) is 1. The van der Waals surface area contributed by atoms with Gasteiger partial charge in [0, 0.05) is 24.8 Å². The second kappa shape index (κ2) is 12.0. The molecule has 3 amide bonds. The third-order valence-corrected chi connectivity index (χ3v) is 6.23. The molecule has 0 atom stereocenters. The van der Waals surface area contributed by atoms with Crippen LogP contribution in [-0.4, -0.2) is 55.9 Å². The number of sulfonamides is 1. The maximum absolute atomic E-state index is 13.0. The molecule has 4 N–H and O–H groups in total. The number of halogens is 1. The van der Waals surface area contributed by atoms with Crippen LogP contribution >= 0.6 is 0 Å². The van der Waals surface area contributed by atoms with E-state index in [1.807, 2.05) is 4.72 Å². The molecule has 0 saturated heterocycles. The Morgan fingerprint density at radius 1 is 0.861 bits per heavy atom. The van der Waals surface area contributed by atoms with E-state index >= 15 is 0 Å². The summed E-state index contributed by atoms with van der Waals surface area (Å²) in [5, 5.41) is 13.8. The summed E-state index contributed by atoms with van der Waals surface area (Å²) in [6, 6.07) is 13.5. The number of pyridine rings is 1. The minimum absolute atomic E-state index is 0.00192. The van der Waals surface area contributed by atoms with E-state index < -0.39 is 33.6 Å². The van der Waals surface area contributed by atoms with E-state index in [9.17, 15) is 27.2 Å². The molecule has 0 spiro atoms. The number of carbonyl (C=O) groups is 3. The van der Waals surface area contributed by atoms with Crippen LogP contribution in [0.1, 0.15) is 36.8 Å². The van der Waals surface area contributed by atoms with E-state index in [2.05, 4.69) is 15.6 Å². The van der Waals surface area contributed by atoms with Crippen LogP contribution in [0.3, 0.4) is 0 Å². The lowest BCUT2D eigenvalue weighted by Crippen LogP contribution is -2.31. The van der Waals surface area contributed by atoms with E-state index in [1.54, 1.807) is 6.07 Å². The van der Waals surface area contributed by atoms with Gasteiger partial charge in [-0.3, -0.25) is 19.4 Å². The SMILES string of the molecule is O=C(NCCc1cccc(S(=O)(=O)NC(=O)c2ccc(C(=O)NCCO)nc2)c1)c1ccc(F)cc1. The third-order valence-electron chi connectivity index (χ3n) is 4.90. The van der Waals surface area contributed by atoms with Gasteiger partial charge in [-0.05, 0) is 60.5 Å². The number of carbonyl (C=O) groups excluding carboxylic acids is 3. The molecule has 0 aliphatic carbocycles. The number of benzene rings is 2. The molecule has 0 saturated carbocycles. The molecule has 0 aliphatic rings. The number of aromatic nitrogens is 1. The van der Waals surface area contributed by atoms with Gasteiger partial charge in [0.15, 0.2) is 0 Å². The van der Waals surface area contributed by atoms with Crippen LogP contribution in [0, 0.1) is 5.82 Å². The Morgan fingerprint density at radius 2 is 1.56 bits per heavy atom. The quantitative estimate of drug-likeness (QED) is 0.315. The molecule has 0 aliphatic heterocycles. The number of aliphatic hydroxyl groups excluding tert-OH is 1. The third kappa shape index (κ3) is 7.17. The van der Waals surface area contributed by atoms with Gasteiger partial charge < -0.3 is 15.7 Å². The lowest BCUT2D eigenvalue weighted by molar-refractivity contribution is 0.0934. The maximum atomic E-state index is 13.0. The molecule has 0 unspecified atom stereocenters. The molecular weight excluding hydrogens is 491 g/mol. The van der Waals surface area contributed by atoms with E-state index in [0.717, 1.165) is 6.20 Å². The summed E-state index contributed by atoms with van der Waals surface area (Å²) >= 11 is 0. The van der Waals surface area contributed by atoms with Crippen molar-refractivity contribution in [2.75, 3.05) is 19.7 Å². The molecule has 3 aromatic rings. The Kier molecular flexibility index (Phi) is 8.81. The molecule has 0 fully saturated rings. The number of hydrogen-bond acceptors (Lipinski definition) is 7. The first kappa shape index (κ1) is 26.4. The first-order valence-electron chi connectivity index (χ1n) is 10.7. The Morgan fingerprint density at radius 3 is 2.22 bits per heavy atom. The fourth-order valence-corrected chi connectivity index (χ4v) is 4.10. The zero-order valence-electron chi connectivity index (χ0n) is 18.9. The normalized spacial score (nSPS) is 10.9. The second-order valence-electron chi connectivity index (χ2n) is 7.51. The summed E-state index contributed by atoms with van der Waals surface area (Å²) < 4.78 is 40.4. The predicted octanol–water partition coefficient (Wildman–Crippen LogP) is 1.03. The Labute approximate surface area is 206 Å². The fraction of sp³-hybridized carbons (Fsp3) is 0.167. The zero-order valence-corrected chi connectivity index (χ0v) is 19.7. The van der Waals surface area contributed by atoms with Gasteiger partial charge in [0.25, 0.3) is 27.7 Å². The predicted molar refractivity (Wildman–Crippen MR) is 127 cm³/mol. The lowest BCUT2D eigenvalue weighted by Gasteiger charge is -2.10. The van der Waals surface area contributed by atoms with Crippen molar-refractivity contribution < 1.29 is 32.3 Å². The van der Waals surface area contributed by atoms with Crippen molar-refractivity contribution in [2.24, 2.45) is 0 Å². The van der Waals surface area contributed by atoms with Crippen LogP contribution in [-0.2, 0) is 16.4 Å². The van der Waals surface area contributed by atoms with Crippen molar-refractivity contribution in [3.8, 4) is 0 Å². The van der Waals surface area contributed by atoms with Gasteiger partial charge in [-0.2, -0.15) is 0 Å². The standard InChI is InChI=1S/C24H23FN4O6S/c25-19-7-4-17(5-8-19)22(31)26-11-10-16-2-1-3-20(14-16)36(34,35)29-23(32)18-6-9-21(28-15-18)24(33)27-12-13-30/h1-9,14-15,30H,10-13H2,(H,26,31)(H,27,33)(H,29,32). The smallest absolute Gasteiger partial charge is 0.269 e. The summed E-state index contributed by atoms with van der Waals surface area (Å²) in [4.78, 5) is 40.1. The highest BCUT2D eigenvalue weighted by Crippen LogP contribution is 2.13. The average molecular weight is 515 g/mol. The number of nitrogens with one attached hydrogen (secondary N) is 3. The minimum Gasteiger partial charge on any atom is -0.395 e. The van der Waals surface area contributed by atoms with Gasteiger partial charge in [-0.1, -0.05) is 12.1 Å². The maximum Gasteiger partial charge on any atom is 0.269 e. The lowest BCUT2D eigenvalue weighted by atomic mass is 10.1. The van der Waals surface area contributed by atoms with E-state index in [4.69, 9.17) is 5.11 Å². The Hall–Kier alpha value is -4.16. The number of hydrogen-bond donors (Lipinski definition) is 4.